The third kappa shape index (κ3) is 30.8. The van der Waals surface area contributed by atoms with Crippen molar-refractivity contribution in [2.75, 3.05) is 26.3 Å². The molecule has 1 aliphatic rings. The lowest BCUT2D eigenvalue weighted by Gasteiger charge is -2.33. The first-order chi connectivity index (χ1) is 29.8. The lowest BCUT2D eigenvalue weighted by atomic mass is 9.96. The largest absolute Gasteiger partial charge is 0.494 e. The molecule has 0 aromatic heterocycles. The Morgan fingerprint density at radius 3 is 1.28 bits per heavy atom. The van der Waals surface area contributed by atoms with Crippen LogP contribution in [0.1, 0.15) is 238 Å². The number of aliphatic carboxylic acids is 2. The fourth-order valence-electron chi connectivity index (χ4n) is 8.54. The van der Waals surface area contributed by atoms with E-state index < -0.39 is 11.9 Å². The number of piperidine rings is 1. The van der Waals surface area contributed by atoms with Crippen molar-refractivity contribution < 1.29 is 38.8 Å². The summed E-state index contributed by atoms with van der Waals surface area (Å²) in [6, 6.07) is 6.51. The summed E-state index contributed by atoms with van der Waals surface area (Å²) in [4.78, 5) is 36.7. The van der Waals surface area contributed by atoms with Crippen LogP contribution in [0.15, 0.2) is 18.2 Å². The molecule has 2 rings (SSSR count). The van der Waals surface area contributed by atoms with Crippen molar-refractivity contribution in [1.82, 2.24) is 4.90 Å². The average molecular weight is 858 g/mol. The zero-order valence-electron chi connectivity index (χ0n) is 39.3. The second-order valence-corrected chi connectivity index (χ2v) is 18.4. The van der Waals surface area contributed by atoms with Crippen molar-refractivity contribution in [3.05, 3.63) is 23.8 Å². The Balaban J connectivity index is 1.59. The summed E-state index contributed by atoms with van der Waals surface area (Å²) in [6.45, 7) is 7.87. The molecule has 1 aromatic carbocycles. The van der Waals surface area contributed by atoms with E-state index in [9.17, 15) is 14.4 Å². The number of hydrogen-bond acceptors (Lipinski definition) is 7. The van der Waals surface area contributed by atoms with Gasteiger partial charge in [0.2, 0.25) is 0 Å². The molecule has 1 heterocycles. The summed E-state index contributed by atoms with van der Waals surface area (Å²) in [6.07, 6.45) is 38.8. The highest BCUT2D eigenvalue weighted by Gasteiger charge is 2.27. The highest BCUT2D eigenvalue weighted by atomic mass is 16.5. The predicted molar refractivity (Wildman–Crippen MR) is 250 cm³/mol. The minimum absolute atomic E-state index is 0.0388. The molecule has 0 spiro atoms. The monoisotopic (exact) mass is 858 g/mol. The van der Waals surface area contributed by atoms with E-state index in [0.717, 1.165) is 87.9 Å². The molecule has 0 bridgehead atoms. The van der Waals surface area contributed by atoms with E-state index >= 15 is 0 Å². The number of carboxylic acids is 2. The standard InChI is InChI=1S/C52H91NO8/c1-45(2)53-39-37-46(38-40-53)52(58)61-44-47-43-48(59-41-31-27-23-19-15-11-7-3-5-9-13-17-21-25-29-33-50(54)55)35-36-49(47)60-42-32-28-24-20-16-12-8-4-6-10-14-18-22-26-30-34-51(56)57/h35-36,43,45-46H,3-34,37-42,44H2,1-2H3,(H,54,55)(H,56,57). The van der Waals surface area contributed by atoms with Gasteiger partial charge in [0.05, 0.1) is 19.1 Å². The van der Waals surface area contributed by atoms with Crippen LogP contribution in [-0.2, 0) is 25.7 Å². The lowest BCUT2D eigenvalue weighted by molar-refractivity contribution is -0.151. The quantitative estimate of drug-likeness (QED) is 0.0489. The van der Waals surface area contributed by atoms with Crippen LogP contribution >= 0.6 is 0 Å². The normalized spacial score (nSPS) is 13.5. The highest BCUT2D eigenvalue weighted by molar-refractivity contribution is 5.72. The molecule has 2 N–H and O–H groups in total. The lowest BCUT2D eigenvalue weighted by Crippen LogP contribution is -2.40. The molecule has 0 aliphatic carbocycles. The van der Waals surface area contributed by atoms with E-state index in [0.29, 0.717) is 32.1 Å². The van der Waals surface area contributed by atoms with Crippen LogP contribution in [0.3, 0.4) is 0 Å². The van der Waals surface area contributed by atoms with Gasteiger partial charge in [-0.05, 0) is 83.7 Å². The van der Waals surface area contributed by atoms with Gasteiger partial charge in [0, 0.05) is 24.4 Å². The first-order valence-corrected chi connectivity index (χ1v) is 25.5. The molecule has 0 unspecified atom stereocenters. The number of carbonyl (C=O) groups is 3. The minimum atomic E-state index is -0.675. The number of likely N-dealkylation sites (tertiary alicyclic amines) is 1. The summed E-state index contributed by atoms with van der Waals surface area (Å²) >= 11 is 0. The van der Waals surface area contributed by atoms with Gasteiger partial charge in [0.25, 0.3) is 0 Å². The molecule has 9 heteroatoms. The molecule has 61 heavy (non-hydrogen) atoms. The van der Waals surface area contributed by atoms with Crippen LogP contribution in [-0.4, -0.2) is 65.4 Å². The van der Waals surface area contributed by atoms with Crippen LogP contribution in [0.4, 0.5) is 0 Å². The maximum Gasteiger partial charge on any atom is 0.309 e. The Bertz CT molecular complexity index is 1230. The van der Waals surface area contributed by atoms with Gasteiger partial charge in [-0.1, -0.05) is 167 Å². The van der Waals surface area contributed by atoms with E-state index in [4.69, 9.17) is 24.4 Å². The summed E-state index contributed by atoms with van der Waals surface area (Å²) in [7, 11) is 0. The molecule has 0 saturated carbocycles. The Morgan fingerprint density at radius 2 is 0.902 bits per heavy atom. The SMILES string of the molecule is CC(C)N1CCC(C(=O)OCc2cc(OCCCCCCCCCCCCCCCCCC(=O)O)ccc2OCCCCCCCCCCCCCCCCCC(=O)O)CC1. The van der Waals surface area contributed by atoms with Crippen molar-refractivity contribution >= 4 is 17.9 Å². The van der Waals surface area contributed by atoms with Gasteiger partial charge in [0.15, 0.2) is 0 Å². The van der Waals surface area contributed by atoms with E-state index in [1.807, 2.05) is 18.2 Å². The molecule has 1 saturated heterocycles. The van der Waals surface area contributed by atoms with Crippen molar-refractivity contribution in [2.24, 2.45) is 5.92 Å². The molecule has 352 valence electrons. The van der Waals surface area contributed by atoms with Gasteiger partial charge in [0.1, 0.15) is 18.1 Å². The fraction of sp³-hybridized carbons (Fsp3) is 0.827. The number of hydrogen-bond donors (Lipinski definition) is 2. The van der Waals surface area contributed by atoms with Crippen LogP contribution in [0, 0.1) is 5.92 Å². The summed E-state index contributed by atoms with van der Waals surface area (Å²) < 4.78 is 18.4. The molecular formula is C52H91NO8. The molecule has 1 aliphatic heterocycles. The van der Waals surface area contributed by atoms with Gasteiger partial charge >= 0.3 is 17.9 Å². The summed E-state index contributed by atoms with van der Waals surface area (Å²) in [5.74, 6) is 0.116. The number of rotatable bonds is 42. The van der Waals surface area contributed by atoms with Gasteiger partial charge in [-0.25, -0.2) is 0 Å². The second-order valence-electron chi connectivity index (χ2n) is 18.4. The molecular weight excluding hydrogens is 767 g/mol. The average Bonchev–Trinajstić information content (AvgIpc) is 3.24. The van der Waals surface area contributed by atoms with Crippen LogP contribution < -0.4 is 9.47 Å². The third-order valence-electron chi connectivity index (χ3n) is 12.6. The Hall–Kier alpha value is -2.81. The number of carboxylic acid groups (broad SMARTS) is 2. The Morgan fingerprint density at radius 1 is 0.541 bits per heavy atom. The zero-order valence-corrected chi connectivity index (χ0v) is 39.3. The number of ether oxygens (including phenoxy) is 3. The molecule has 9 nitrogen and oxygen atoms in total. The summed E-state index contributed by atoms with van der Waals surface area (Å²) in [5, 5.41) is 17.4. The molecule has 0 radical (unpaired) electrons. The highest BCUT2D eigenvalue weighted by Crippen LogP contribution is 2.28. The van der Waals surface area contributed by atoms with Crippen molar-refractivity contribution in [1.29, 1.82) is 0 Å². The van der Waals surface area contributed by atoms with E-state index in [-0.39, 0.29) is 18.5 Å². The topological polar surface area (TPSA) is 123 Å². The Labute approximate surface area is 372 Å². The van der Waals surface area contributed by atoms with Crippen LogP contribution in [0.2, 0.25) is 0 Å². The number of carbonyl (C=O) groups excluding carboxylic acids is 1. The van der Waals surface area contributed by atoms with Crippen molar-refractivity contribution in [3.63, 3.8) is 0 Å². The van der Waals surface area contributed by atoms with Crippen molar-refractivity contribution in [2.45, 2.75) is 245 Å². The molecule has 0 amide bonds. The first-order valence-electron chi connectivity index (χ1n) is 25.5. The Kier molecular flexibility index (Phi) is 33.6. The smallest absolute Gasteiger partial charge is 0.309 e. The maximum absolute atomic E-state index is 13.1. The maximum atomic E-state index is 13.1. The zero-order chi connectivity index (χ0) is 44.0. The van der Waals surface area contributed by atoms with Crippen molar-refractivity contribution in [3.8, 4) is 11.5 Å². The third-order valence-corrected chi connectivity index (χ3v) is 12.6. The minimum Gasteiger partial charge on any atom is -0.494 e. The molecule has 0 atom stereocenters. The second kappa shape index (κ2) is 37.7. The van der Waals surface area contributed by atoms with Gasteiger partial charge in [-0.3, -0.25) is 14.4 Å². The van der Waals surface area contributed by atoms with E-state index in [2.05, 4.69) is 18.7 Å². The van der Waals surface area contributed by atoms with Gasteiger partial charge < -0.3 is 29.3 Å². The van der Waals surface area contributed by atoms with Crippen LogP contribution in [0.25, 0.3) is 0 Å². The number of unbranched alkanes of at least 4 members (excludes halogenated alkanes) is 28. The molecule has 1 fully saturated rings. The summed E-state index contributed by atoms with van der Waals surface area (Å²) in [5.41, 5.74) is 0.884. The number of nitrogens with zero attached hydrogens (tertiary/aromatic N) is 1. The van der Waals surface area contributed by atoms with Gasteiger partial charge in [-0.2, -0.15) is 0 Å². The van der Waals surface area contributed by atoms with Gasteiger partial charge in [-0.15, -0.1) is 0 Å². The molecule has 1 aromatic rings. The number of esters is 1. The van der Waals surface area contributed by atoms with E-state index in [1.54, 1.807) is 0 Å². The van der Waals surface area contributed by atoms with E-state index in [1.165, 1.54) is 148 Å². The van der Waals surface area contributed by atoms with Crippen LogP contribution in [0.5, 0.6) is 11.5 Å². The predicted octanol–water partition coefficient (Wildman–Crippen LogP) is 14.3. The number of benzene rings is 1. The fourth-order valence-corrected chi connectivity index (χ4v) is 8.54. The first kappa shape index (κ1) is 54.3.